The molecule has 3 rings (SSSR count). The van der Waals surface area contributed by atoms with Crippen LogP contribution in [-0.4, -0.2) is 28.3 Å². The van der Waals surface area contributed by atoms with E-state index in [0.29, 0.717) is 22.3 Å². The normalized spacial score (nSPS) is 10.9. The molecular weight excluding hydrogens is 368 g/mol. The Hall–Kier alpha value is -3.28. The number of ether oxygens (including phenoxy) is 1. The third-order valence-corrected chi connectivity index (χ3v) is 5.37. The molecule has 1 heterocycles. The molecule has 150 valence electrons. The topological polar surface area (TPSA) is 89.1 Å². The maximum atomic E-state index is 12.5. The van der Waals surface area contributed by atoms with Gasteiger partial charge in [-0.15, -0.1) is 0 Å². The summed E-state index contributed by atoms with van der Waals surface area (Å²) in [4.78, 5) is 43.7. The molecule has 0 spiro atoms. The van der Waals surface area contributed by atoms with Crippen LogP contribution in [0.25, 0.3) is 10.9 Å². The second-order valence-corrected chi connectivity index (χ2v) is 7.23. The van der Waals surface area contributed by atoms with Gasteiger partial charge < -0.3 is 9.72 Å². The van der Waals surface area contributed by atoms with Gasteiger partial charge in [0.2, 0.25) is 5.78 Å². The zero-order valence-electron chi connectivity index (χ0n) is 17.1. The lowest BCUT2D eigenvalue weighted by Gasteiger charge is -2.13. The van der Waals surface area contributed by atoms with E-state index in [0.717, 1.165) is 22.3 Å². The van der Waals surface area contributed by atoms with Crippen molar-refractivity contribution in [3.8, 4) is 0 Å². The van der Waals surface area contributed by atoms with Gasteiger partial charge in [-0.25, -0.2) is 4.98 Å². The van der Waals surface area contributed by atoms with Crippen molar-refractivity contribution in [2.24, 2.45) is 0 Å². The van der Waals surface area contributed by atoms with Crippen molar-refractivity contribution in [3.63, 3.8) is 0 Å². The van der Waals surface area contributed by atoms with Gasteiger partial charge in [-0.05, 0) is 68.1 Å². The first-order chi connectivity index (χ1) is 13.8. The van der Waals surface area contributed by atoms with Crippen LogP contribution in [0.5, 0.6) is 0 Å². The van der Waals surface area contributed by atoms with E-state index < -0.39 is 5.97 Å². The number of carbonyl (C=O) groups excluding carboxylic acids is 2. The Morgan fingerprint density at radius 1 is 1.03 bits per heavy atom. The maximum absolute atomic E-state index is 12.5. The molecule has 0 aliphatic carbocycles. The van der Waals surface area contributed by atoms with Gasteiger partial charge in [-0.1, -0.05) is 12.1 Å². The van der Waals surface area contributed by atoms with E-state index in [1.807, 2.05) is 33.8 Å². The number of esters is 1. The Morgan fingerprint density at radius 3 is 2.52 bits per heavy atom. The Morgan fingerprint density at radius 2 is 1.76 bits per heavy atom. The second kappa shape index (κ2) is 8.39. The fourth-order valence-electron chi connectivity index (χ4n) is 3.27. The molecule has 0 aliphatic heterocycles. The van der Waals surface area contributed by atoms with Crippen LogP contribution in [0, 0.1) is 27.7 Å². The summed E-state index contributed by atoms with van der Waals surface area (Å²) in [6, 6.07) is 8.86. The fraction of sp³-hybridized carbons (Fsp3) is 0.304. The predicted octanol–water partition coefficient (Wildman–Crippen LogP) is 3.52. The van der Waals surface area contributed by atoms with Crippen molar-refractivity contribution < 1.29 is 14.3 Å². The number of benzene rings is 2. The van der Waals surface area contributed by atoms with Crippen LogP contribution in [-0.2, 0) is 16.0 Å². The molecule has 6 nitrogen and oxygen atoms in total. The highest BCUT2D eigenvalue weighted by Crippen LogP contribution is 2.21. The lowest BCUT2D eigenvalue weighted by atomic mass is 9.93. The summed E-state index contributed by atoms with van der Waals surface area (Å²) in [5, 5.41) is 0.503. The fourth-order valence-corrected chi connectivity index (χ4v) is 3.27. The van der Waals surface area contributed by atoms with Gasteiger partial charge in [-0.2, -0.15) is 0 Å². The number of para-hydroxylation sites is 1. The summed E-state index contributed by atoms with van der Waals surface area (Å²) in [5.74, 6) is -0.316. The van der Waals surface area contributed by atoms with Crippen LogP contribution in [0.1, 0.15) is 44.9 Å². The number of H-pyrrole nitrogens is 1. The standard InChI is InChI=1S/C23H24N2O4/c1-13-11-18(16(4)15(3)14(13)2)20(26)12-29-22(27)10-9-21-24-19-8-6-5-7-17(19)23(28)25-21/h5-8,11H,9-10,12H2,1-4H3,(H,24,25,28). The third kappa shape index (κ3) is 4.42. The molecule has 0 unspecified atom stereocenters. The number of carbonyl (C=O) groups is 2. The van der Waals surface area contributed by atoms with Gasteiger partial charge in [0.15, 0.2) is 6.61 Å². The first kappa shape index (κ1) is 20.5. The lowest BCUT2D eigenvalue weighted by molar-refractivity contribution is -0.142. The summed E-state index contributed by atoms with van der Waals surface area (Å²) >= 11 is 0. The smallest absolute Gasteiger partial charge is 0.306 e. The zero-order valence-corrected chi connectivity index (χ0v) is 17.1. The van der Waals surface area contributed by atoms with E-state index in [-0.39, 0.29) is 30.8 Å². The number of aromatic amines is 1. The van der Waals surface area contributed by atoms with Crippen molar-refractivity contribution >= 4 is 22.7 Å². The third-order valence-electron chi connectivity index (χ3n) is 5.37. The minimum absolute atomic E-state index is 0.0273. The molecule has 0 saturated heterocycles. The van der Waals surface area contributed by atoms with Crippen LogP contribution in [0.2, 0.25) is 0 Å². The minimum atomic E-state index is -0.507. The number of ketones is 1. The molecule has 1 aromatic heterocycles. The average molecular weight is 392 g/mol. The van der Waals surface area contributed by atoms with E-state index >= 15 is 0 Å². The molecular formula is C23H24N2O4. The highest BCUT2D eigenvalue weighted by molar-refractivity contribution is 5.99. The van der Waals surface area contributed by atoms with Gasteiger partial charge in [-0.3, -0.25) is 14.4 Å². The molecule has 0 saturated carbocycles. The maximum Gasteiger partial charge on any atom is 0.306 e. The van der Waals surface area contributed by atoms with Crippen LogP contribution >= 0.6 is 0 Å². The van der Waals surface area contributed by atoms with Crippen LogP contribution < -0.4 is 5.56 Å². The highest BCUT2D eigenvalue weighted by Gasteiger charge is 2.16. The van der Waals surface area contributed by atoms with E-state index in [1.54, 1.807) is 24.3 Å². The molecule has 3 aromatic rings. The first-order valence-electron chi connectivity index (χ1n) is 9.52. The van der Waals surface area contributed by atoms with Crippen LogP contribution in [0.3, 0.4) is 0 Å². The Kier molecular flexibility index (Phi) is 5.92. The number of aromatic nitrogens is 2. The molecule has 0 bridgehead atoms. The summed E-state index contributed by atoms with van der Waals surface area (Å²) in [7, 11) is 0. The molecule has 6 heteroatoms. The molecule has 1 N–H and O–H groups in total. The lowest BCUT2D eigenvalue weighted by Crippen LogP contribution is -2.17. The number of nitrogens with zero attached hydrogens (tertiary/aromatic N) is 1. The number of aryl methyl sites for hydroxylation is 2. The number of fused-ring (bicyclic) bond motifs is 1. The molecule has 0 fully saturated rings. The molecule has 0 radical (unpaired) electrons. The van der Waals surface area contributed by atoms with E-state index in [9.17, 15) is 14.4 Å². The minimum Gasteiger partial charge on any atom is -0.457 e. The summed E-state index contributed by atoms with van der Waals surface area (Å²) in [6.07, 6.45) is 0.258. The number of rotatable bonds is 6. The number of Topliss-reactive ketones (excluding diaryl/α,β-unsaturated/α-hetero) is 1. The SMILES string of the molecule is Cc1cc(C(=O)COC(=O)CCc2nc3ccccc3c(=O)[nH]2)c(C)c(C)c1C. The van der Waals surface area contributed by atoms with Gasteiger partial charge in [0.1, 0.15) is 5.82 Å². The number of hydrogen-bond donors (Lipinski definition) is 1. The van der Waals surface area contributed by atoms with Crippen molar-refractivity contribution in [2.75, 3.05) is 6.61 Å². The van der Waals surface area contributed by atoms with Gasteiger partial charge in [0, 0.05) is 12.0 Å². The average Bonchev–Trinajstić information content (AvgIpc) is 2.71. The highest BCUT2D eigenvalue weighted by atomic mass is 16.5. The Bertz CT molecular complexity index is 1160. The second-order valence-electron chi connectivity index (χ2n) is 7.23. The number of nitrogens with one attached hydrogen (secondary N) is 1. The molecule has 0 atom stereocenters. The molecule has 0 amide bonds. The quantitative estimate of drug-likeness (QED) is 0.512. The molecule has 2 aromatic carbocycles. The monoisotopic (exact) mass is 392 g/mol. The summed E-state index contributed by atoms with van der Waals surface area (Å²) in [5.41, 5.74) is 5.10. The predicted molar refractivity (Wildman–Crippen MR) is 111 cm³/mol. The van der Waals surface area contributed by atoms with Crippen molar-refractivity contribution in [1.29, 1.82) is 0 Å². The Balaban J connectivity index is 1.61. The van der Waals surface area contributed by atoms with Crippen molar-refractivity contribution in [1.82, 2.24) is 9.97 Å². The van der Waals surface area contributed by atoms with Crippen LogP contribution in [0.15, 0.2) is 35.1 Å². The van der Waals surface area contributed by atoms with Crippen LogP contribution in [0.4, 0.5) is 0 Å². The van der Waals surface area contributed by atoms with Gasteiger partial charge in [0.25, 0.3) is 5.56 Å². The number of hydrogen-bond acceptors (Lipinski definition) is 5. The van der Waals surface area contributed by atoms with Crippen molar-refractivity contribution in [2.45, 2.75) is 40.5 Å². The molecule has 29 heavy (non-hydrogen) atoms. The molecule has 0 aliphatic rings. The Labute approximate surface area is 168 Å². The summed E-state index contributed by atoms with van der Waals surface area (Å²) < 4.78 is 5.15. The van der Waals surface area contributed by atoms with E-state index in [4.69, 9.17) is 4.74 Å². The van der Waals surface area contributed by atoms with E-state index in [2.05, 4.69) is 9.97 Å². The van der Waals surface area contributed by atoms with Crippen molar-refractivity contribution in [3.05, 3.63) is 74.3 Å². The van der Waals surface area contributed by atoms with E-state index in [1.165, 1.54) is 0 Å². The largest absolute Gasteiger partial charge is 0.457 e. The summed E-state index contributed by atoms with van der Waals surface area (Å²) in [6.45, 7) is 7.57. The van der Waals surface area contributed by atoms with Gasteiger partial charge in [0.05, 0.1) is 17.3 Å². The zero-order chi connectivity index (χ0) is 21.1. The first-order valence-corrected chi connectivity index (χ1v) is 9.52. The van der Waals surface area contributed by atoms with Gasteiger partial charge >= 0.3 is 5.97 Å².